The van der Waals surface area contributed by atoms with Gasteiger partial charge in [0.15, 0.2) is 5.69 Å². The Morgan fingerprint density at radius 3 is 3.09 bits per heavy atom. The smallest absolute Gasteiger partial charge is 0.281 e. The largest absolute Gasteiger partial charge is 0.312 e. The van der Waals surface area contributed by atoms with Crippen LogP contribution >= 0.6 is 0 Å². The van der Waals surface area contributed by atoms with Crippen LogP contribution in [0.5, 0.6) is 0 Å². The molecule has 0 aliphatic carbocycles. The first-order valence-corrected chi connectivity index (χ1v) is 7.87. The molecule has 0 unspecified atom stereocenters. The van der Waals surface area contributed by atoms with Crippen molar-refractivity contribution in [1.29, 1.82) is 0 Å². The topological polar surface area (TPSA) is 78.8 Å². The number of nitrogens with one attached hydrogen (secondary N) is 2. The Bertz CT molecular complexity index is 924. The molecule has 116 valence electrons. The first kappa shape index (κ1) is 12.8. The van der Waals surface area contributed by atoms with Gasteiger partial charge in [-0.2, -0.15) is 5.10 Å². The number of aromatic amines is 1. The number of amides is 1. The summed E-state index contributed by atoms with van der Waals surface area (Å²) in [6.45, 7) is 3.02. The van der Waals surface area contributed by atoms with Crippen LogP contribution in [0.25, 0.3) is 11.0 Å². The van der Waals surface area contributed by atoms with Crippen molar-refractivity contribution in [2.24, 2.45) is 0 Å². The summed E-state index contributed by atoms with van der Waals surface area (Å²) in [4.78, 5) is 19.4. The Morgan fingerprint density at radius 2 is 2.13 bits per heavy atom. The zero-order chi connectivity index (χ0) is 15.4. The summed E-state index contributed by atoms with van der Waals surface area (Å²) in [6, 6.07) is 7.98. The summed E-state index contributed by atoms with van der Waals surface area (Å²) >= 11 is 0. The summed E-state index contributed by atoms with van der Waals surface area (Å²) in [5.74, 6) is 0.650. The number of carbonyl (C=O) groups is 1. The van der Waals surface area contributed by atoms with E-state index in [0.717, 1.165) is 47.7 Å². The van der Waals surface area contributed by atoms with E-state index in [1.165, 1.54) is 0 Å². The minimum absolute atomic E-state index is 0.0692. The molecule has 0 saturated heterocycles. The maximum Gasteiger partial charge on any atom is 0.281 e. The number of rotatable bonds is 1. The molecule has 0 fully saturated rings. The van der Waals surface area contributed by atoms with Gasteiger partial charge >= 0.3 is 0 Å². The molecule has 7 heteroatoms. The Morgan fingerprint density at radius 1 is 1.22 bits per heavy atom. The van der Waals surface area contributed by atoms with Crippen molar-refractivity contribution in [2.75, 3.05) is 18.0 Å². The molecule has 0 radical (unpaired) electrons. The van der Waals surface area contributed by atoms with E-state index in [0.29, 0.717) is 18.8 Å². The number of benzene rings is 1. The van der Waals surface area contributed by atoms with Crippen LogP contribution < -0.4 is 10.2 Å². The summed E-state index contributed by atoms with van der Waals surface area (Å²) in [6.07, 6.45) is 0.883. The molecular weight excluding hydrogens is 292 g/mol. The van der Waals surface area contributed by atoms with Crippen molar-refractivity contribution >= 4 is 22.9 Å². The van der Waals surface area contributed by atoms with Crippen LogP contribution in [0, 0.1) is 0 Å². The number of para-hydroxylation sites is 2. The summed E-state index contributed by atoms with van der Waals surface area (Å²) < 4.78 is 2.10. The van der Waals surface area contributed by atoms with Crippen LogP contribution in [0.3, 0.4) is 0 Å². The van der Waals surface area contributed by atoms with E-state index in [4.69, 9.17) is 0 Å². The molecule has 2 aliphatic rings. The predicted octanol–water partition coefficient (Wildman–Crippen LogP) is 1.07. The van der Waals surface area contributed by atoms with Crippen molar-refractivity contribution in [3.05, 3.63) is 41.2 Å². The second-order valence-electron chi connectivity index (χ2n) is 5.97. The Hall–Kier alpha value is -2.67. The molecule has 23 heavy (non-hydrogen) atoms. The molecule has 1 amide bonds. The van der Waals surface area contributed by atoms with Gasteiger partial charge in [0.1, 0.15) is 0 Å². The molecule has 0 spiro atoms. The molecule has 2 aromatic heterocycles. The van der Waals surface area contributed by atoms with Crippen LogP contribution in [0.1, 0.15) is 21.7 Å². The van der Waals surface area contributed by atoms with Gasteiger partial charge in [0, 0.05) is 43.9 Å². The third-order valence-corrected chi connectivity index (χ3v) is 4.68. The lowest BCUT2D eigenvalue weighted by atomic mass is 10.1. The molecule has 0 bridgehead atoms. The number of fused-ring (bicyclic) bond motifs is 4. The van der Waals surface area contributed by atoms with E-state index in [1.807, 2.05) is 24.3 Å². The Labute approximate surface area is 132 Å². The molecule has 1 aromatic carbocycles. The zero-order valence-corrected chi connectivity index (χ0v) is 12.5. The lowest BCUT2D eigenvalue weighted by molar-refractivity contribution is 0.0983. The summed E-state index contributed by atoms with van der Waals surface area (Å²) in [5, 5.41) is 10.6. The molecule has 5 rings (SSSR count). The minimum Gasteiger partial charge on any atom is -0.312 e. The van der Waals surface area contributed by atoms with Crippen LogP contribution in [0.15, 0.2) is 24.3 Å². The van der Waals surface area contributed by atoms with Gasteiger partial charge in [0.05, 0.1) is 11.0 Å². The standard InChI is InChI=1S/C16H16N6O/c23-15(14-10-9-17-6-5-11(10)19-20-14)22-8-7-21-13-4-2-1-3-12(13)18-16(21)22/h1-4,17H,5-9H2,(H,19,20). The van der Waals surface area contributed by atoms with E-state index >= 15 is 0 Å². The highest BCUT2D eigenvalue weighted by Crippen LogP contribution is 2.29. The summed E-state index contributed by atoms with van der Waals surface area (Å²) in [7, 11) is 0. The van der Waals surface area contributed by atoms with Crippen LogP contribution in [0.2, 0.25) is 0 Å². The van der Waals surface area contributed by atoms with Crippen molar-refractivity contribution in [3.63, 3.8) is 0 Å². The number of H-pyrrole nitrogens is 1. The first-order chi connectivity index (χ1) is 11.3. The van der Waals surface area contributed by atoms with Gasteiger partial charge in [0.25, 0.3) is 5.91 Å². The van der Waals surface area contributed by atoms with Crippen molar-refractivity contribution in [2.45, 2.75) is 19.5 Å². The average molecular weight is 308 g/mol. The SMILES string of the molecule is O=C(c1n[nH]c2c1CNCC2)N1CCn2c1nc1ccccc12. The number of carbonyl (C=O) groups excluding carboxylic acids is 1. The highest BCUT2D eigenvalue weighted by molar-refractivity contribution is 6.06. The normalized spacial score (nSPS) is 16.6. The number of hydrogen-bond donors (Lipinski definition) is 2. The maximum atomic E-state index is 13.0. The monoisotopic (exact) mass is 308 g/mol. The first-order valence-electron chi connectivity index (χ1n) is 7.87. The number of anilines is 1. The second-order valence-corrected chi connectivity index (χ2v) is 5.97. The van der Waals surface area contributed by atoms with E-state index in [1.54, 1.807) is 4.90 Å². The Kier molecular flexibility index (Phi) is 2.60. The number of nitrogens with zero attached hydrogens (tertiary/aromatic N) is 4. The third-order valence-electron chi connectivity index (χ3n) is 4.68. The molecule has 0 saturated carbocycles. The lowest BCUT2D eigenvalue weighted by Crippen LogP contribution is -2.32. The van der Waals surface area contributed by atoms with E-state index in [9.17, 15) is 4.79 Å². The minimum atomic E-state index is -0.0692. The van der Waals surface area contributed by atoms with Crippen molar-refractivity contribution < 1.29 is 4.79 Å². The quantitative estimate of drug-likeness (QED) is 0.705. The second kappa shape index (κ2) is 4.66. The molecule has 0 atom stereocenters. The van der Waals surface area contributed by atoms with Gasteiger partial charge in [-0.25, -0.2) is 4.98 Å². The third kappa shape index (κ3) is 1.77. The number of aromatic nitrogens is 4. The van der Waals surface area contributed by atoms with Crippen molar-refractivity contribution in [1.82, 2.24) is 25.1 Å². The van der Waals surface area contributed by atoms with E-state index in [2.05, 4.69) is 25.1 Å². The van der Waals surface area contributed by atoms with Crippen LogP contribution in [0.4, 0.5) is 5.95 Å². The van der Waals surface area contributed by atoms with Gasteiger partial charge in [-0.3, -0.25) is 14.8 Å². The van der Waals surface area contributed by atoms with E-state index in [-0.39, 0.29) is 5.91 Å². The van der Waals surface area contributed by atoms with Gasteiger partial charge in [-0.15, -0.1) is 0 Å². The zero-order valence-electron chi connectivity index (χ0n) is 12.5. The maximum absolute atomic E-state index is 13.0. The molecule has 2 N–H and O–H groups in total. The Balaban J connectivity index is 1.57. The number of imidazole rings is 1. The van der Waals surface area contributed by atoms with E-state index < -0.39 is 0 Å². The van der Waals surface area contributed by atoms with Gasteiger partial charge in [0.2, 0.25) is 5.95 Å². The number of hydrogen-bond acceptors (Lipinski definition) is 4. The fraction of sp³-hybridized carbons (Fsp3) is 0.312. The highest BCUT2D eigenvalue weighted by Gasteiger charge is 2.32. The fourth-order valence-electron chi connectivity index (χ4n) is 3.51. The lowest BCUT2D eigenvalue weighted by Gasteiger charge is -2.16. The summed E-state index contributed by atoms with van der Waals surface area (Å²) in [5.41, 5.74) is 4.58. The van der Waals surface area contributed by atoms with Gasteiger partial charge < -0.3 is 9.88 Å². The highest BCUT2D eigenvalue weighted by atomic mass is 16.2. The molecule has 7 nitrogen and oxygen atoms in total. The molecule has 3 aromatic rings. The van der Waals surface area contributed by atoms with Gasteiger partial charge in [-0.05, 0) is 12.1 Å². The van der Waals surface area contributed by atoms with Crippen LogP contribution in [-0.2, 0) is 19.5 Å². The average Bonchev–Trinajstić information content (AvgIpc) is 3.27. The van der Waals surface area contributed by atoms with Crippen LogP contribution in [-0.4, -0.2) is 38.7 Å². The van der Waals surface area contributed by atoms with Crippen molar-refractivity contribution in [3.8, 4) is 0 Å². The molecule has 2 aliphatic heterocycles. The molecular formula is C16H16N6O. The molecule has 4 heterocycles. The predicted molar refractivity (Wildman–Crippen MR) is 85.4 cm³/mol. The fourth-order valence-corrected chi connectivity index (χ4v) is 3.51. The van der Waals surface area contributed by atoms with Gasteiger partial charge in [-0.1, -0.05) is 12.1 Å².